The number of rotatable bonds is 15. The van der Waals surface area contributed by atoms with Gasteiger partial charge in [-0.25, -0.2) is 55.4 Å². The quantitative estimate of drug-likeness (QED) is 0.0640. The fourth-order valence-corrected chi connectivity index (χ4v) is 12.9. The van der Waals surface area contributed by atoms with E-state index in [4.69, 9.17) is 14.2 Å². The summed E-state index contributed by atoms with van der Waals surface area (Å²) in [6.45, 7) is 12.9. The molecule has 70 heavy (non-hydrogen) atoms. The van der Waals surface area contributed by atoms with Gasteiger partial charge in [0.05, 0.1) is 72.2 Å². The third kappa shape index (κ3) is 17.4. The lowest BCUT2D eigenvalue weighted by atomic mass is 9.86. The maximum absolute atomic E-state index is 12.9. The molecule has 2 aliphatic carbocycles. The Bertz CT molecular complexity index is 2610. The molecule has 386 valence electrons. The van der Waals surface area contributed by atoms with Crippen LogP contribution in [0.5, 0.6) is 0 Å². The Morgan fingerprint density at radius 1 is 0.657 bits per heavy atom. The molecule has 0 saturated heterocycles. The van der Waals surface area contributed by atoms with Crippen LogP contribution < -0.4 is 20.1 Å². The minimum absolute atomic E-state index is 0.0176. The summed E-state index contributed by atoms with van der Waals surface area (Å²) >= 11 is 6.61. The molecule has 4 aromatic rings. The lowest BCUT2D eigenvalue weighted by molar-refractivity contribution is 0.0591. The molecule has 0 atom stereocenters. The number of esters is 2. The molecule has 2 saturated carbocycles. The molecule has 0 bridgehead atoms. The van der Waals surface area contributed by atoms with Gasteiger partial charge in [0, 0.05) is 48.8 Å². The number of sulfonamides is 2. The molecule has 2 aromatic heterocycles. The summed E-state index contributed by atoms with van der Waals surface area (Å²) in [6.07, 6.45) is 10.1. The van der Waals surface area contributed by atoms with Gasteiger partial charge in [0.2, 0.25) is 20.0 Å². The van der Waals surface area contributed by atoms with E-state index >= 15 is 0 Å². The minimum Gasteiger partial charge on any atom is -0.465 e. The Morgan fingerprint density at radius 2 is 1.09 bits per heavy atom. The van der Waals surface area contributed by atoms with E-state index in [9.17, 15) is 36.0 Å². The van der Waals surface area contributed by atoms with E-state index < -0.39 is 32.0 Å². The summed E-state index contributed by atoms with van der Waals surface area (Å²) in [6, 6.07) is 9.26. The number of aromatic nitrogens is 2. The average Bonchev–Trinajstić information content (AvgIpc) is 3.99. The number of carbonyl (C=O) groups excluding carboxylic acids is 4. The molecule has 6 rings (SSSR count). The Labute approximate surface area is 428 Å². The van der Waals surface area contributed by atoms with Crippen LogP contribution in [0, 0.1) is 6.92 Å². The first-order chi connectivity index (χ1) is 33.1. The molecule has 4 N–H and O–H groups in total. The molecule has 2 fully saturated rings. The van der Waals surface area contributed by atoms with Crippen molar-refractivity contribution in [3.8, 4) is 10.4 Å². The van der Waals surface area contributed by atoms with E-state index in [1.54, 1.807) is 56.5 Å². The number of thiazole rings is 2. The smallest absolute Gasteiger partial charge is 0.407 e. The maximum atomic E-state index is 12.9. The van der Waals surface area contributed by atoms with Crippen LogP contribution in [-0.4, -0.2) is 103 Å². The number of nitrogens with zero attached hydrogens (tertiary/aromatic N) is 2. The first-order valence-electron chi connectivity index (χ1n) is 23.0. The molecule has 2 amide bonds. The molecule has 23 heteroatoms. The lowest BCUT2D eigenvalue weighted by Gasteiger charge is -2.28. The van der Waals surface area contributed by atoms with Crippen LogP contribution in [0.3, 0.4) is 0 Å². The molecule has 0 radical (unpaired) electrons. The first-order valence-corrected chi connectivity index (χ1v) is 28.4. The number of hydrogen-bond donors (Lipinski definition) is 4. The lowest BCUT2D eigenvalue weighted by Crippen LogP contribution is -2.38. The summed E-state index contributed by atoms with van der Waals surface area (Å²) in [4.78, 5) is 56.5. The van der Waals surface area contributed by atoms with Crippen molar-refractivity contribution in [3.05, 3.63) is 79.3 Å². The van der Waals surface area contributed by atoms with Gasteiger partial charge < -0.3 is 29.6 Å². The molecular weight excluding hydrogens is 1050 g/mol. The molecule has 0 aliphatic heterocycles. The van der Waals surface area contributed by atoms with Crippen LogP contribution in [0.25, 0.3) is 10.4 Å². The number of hydrogen-bond acceptors (Lipinski definition) is 16. The van der Waals surface area contributed by atoms with Crippen molar-refractivity contribution in [3.63, 3.8) is 0 Å². The van der Waals surface area contributed by atoms with Gasteiger partial charge in [0.25, 0.3) is 0 Å². The molecule has 2 aliphatic rings. The van der Waals surface area contributed by atoms with Gasteiger partial charge in [-0.1, -0.05) is 26.0 Å². The zero-order valence-corrected chi connectivity index (χ0v) is 45.8. The number of nitrogens with one attached hydrogen (secondary N) is 4. The highest BCUT2D eigenvalue weighted by Gasteiger charge is 2.29. The Morgan fingerprint density at radius 3 is 1.51 bits per heavy atom. The van der Waals surface area contributed by atoms with Crippen molar-refractivity contribution < 1.29 is 55.0 Å². The second-order valence-electron chi connectivity index (χ2n) is 17.0. The third-order valence-electron chi connectivity index (χ3n) is 11.0. The maximum Gasteiger partial charge on any atom is 0.407 e. The van der Waals surface area contributed by atoms with Gasteiger partial charge in [-0.3, -0.25) is 0 Å². The van der Waals surface area contributed by atoms with Crippen LogP contribution in [0.1, 0.15) is 141 Å². The Kier molecular flexibility index (Phi) is 22.7. The number of methoxy groups -OCH3 is 2. The molecule has 2 aromatic carbocycles. The number of aryl methyl sites for hydroxylation is 1. The molecular formula is C47H65BrN6O12S4. The van der Waals surface area contributed by atoms with Crippen molar-refractivity contribution in [2.24, 2.45) is 0 Å². The average molecular weight is 1110 g/mol. The summed E-state index contributed by atoms with van der Waals surface area (Å²) < 4.78 is 75.0. The highest BCUT2D eigenvalue weighted by molar-refractivity contribution is 9.11. The highest BCUT2D eigenvalue weighted by atomic mass is 79.9. The fourth-order valence-electron chi connectivity index (χ4n) is 7.72. The predicted octanol–water partition coefficient (Wildman–Crippen LogP) is 9.20. The van der Waals surface area contributed by atoms with E-state index in [0.717, 1.165) is 60.2 Å². The van der Waals surface area contributed by atoms with Gasteiger partial charge in [-0.2, -0.15) is 0 Å². The van der Waals surface area contributed by atoms with E-state index in [1.165, 1.54) is 48.8 Å². The van der Waals surface area contributed by atoms with E-state index in [0.29, 0.717) is 28.5 Å². The molecule has 0 unspecified atom stereocenters. The van der Waals surface area contributed by atoms with Crippen LogP contribution in [0.2, 0.25) is 0 Å². The van der Waals surface area contributed by atoms with Crippen LogP contribution >= 0.6 is 38.6 Å². The molecule has 18 nitrogen and oxygen atoms in total. The van der Waals surface area contributed by atoms with Gasteiger partial charge >= 0.3 is 24.1 Å². The van der Waals surface area contributed by atoms with Gasteiger partial charge in [0.15, 0.2) is 0 Å². The Hall–Kier alpha value is -4.52. The first kappa shape index (κ1) is 58.1. The van der Waals surface area contributed by atoms with Crippen molar-refractivity contribution in [1.29, 1.82) is 0 Å². The molecule has 0 spiro atoms. The van der Waals surface area contributed by atoms with E-state index in [-0.39, 0.29) is 69.9 Å². The second-order valence-corrected chi connectivity index (χ2v) is 24.0. The topological polar surface area (TPSA) is 247 Å². The van der Waals surface area contributed by atoms with Crippen molar-refractivity contribution in [2.45, 2.75) is 146 Å². The summed E-state index contributed by atoms with van der Waals surface area (Å²) in [5.41, 5.74) is 1.45. The number of benzene rings is 2. The summed E-state index contributed by atoms with van der Waals surface area (Å²) in [5.74, 6) is -0.387. The van der Waals surface area contributed by atoms with Crippen LogP contribution in [0.4, 0.5) is 9.59 Å². The van der Waals surface area contributed by atoms with Crippen LogP contribution in [0.15, 0.2) is 62.4 Å². The standard InChI is InChI=1S/C23H31N3O6S2.C13H19BrN2O2S.C11H15NO4S/c1-5-25-34(29,30)20-12-16(22(27)31-4)8-11-18(20)19-13-24-21(33-19)15-6-9-17(10-7-15)26-23(28)32-14(2)3;1-8(2)18-13(17)16-10-5-3-9(4-6-10)12-15-7-11(14)19-12;1-4-12-17(14,15)10-7-9(11(13)16-3)6-5-8(10)2/h8,11-15,17,25H,5-7,9-10H2,1-4H3,(H,26,28);7-10H,3-6H2,1-2H3,(H,16,17);5-7,12H,4H2,1-3H3. The SMILES string of the molecule is CC(C)OC(=O)NC1CCC(c2ncc(Br)s2)CC1.CCNS(=O)(=O)c1cc(C(=O)OC)ccc1-c1cnc(C2CCC(NC(=O)OC(C)C)CC2)s1.CCNS(=O)(=O)c1cc(C(=O)OC)ccc1C. The fraction of sp³-hybridized carbons (Fsp3) is 0.532. The predicted molar refractivity (Wildman–Crippen MR) is 272 cm³/mol. The molecule has 2 heterocycles. The van der Waals surface area contributed by atoms with E-state index in [2.05, 4.69) is 50.7 Å². The summed E-state index contributed by atoms with van der Waals surface area (Å²) in [7, 11) is -4.89. The Balaban J connectivity index is 0.000000250. The minimum atomic E-state index is -3.83. The largest absolute Gasteiger partial charge is 0.465 e. The van der Waals surface area contributed by atoms with Gasteiger partial charge in [-0.05, 0) is 132 Å². The van der Waals surface area contributed by atoms with Crippen molar-refractivity contribution in [2.75, 3.05) is 27.3 Å². The number of alkyl carbamates (subject to hydrolysis) is 2. The monoisotopic (exact) mass is 1110 g/mol. The van der Waals surface area contributed by atoms with Crippen molar-refractivity contribution in [1.82, 2.24) is 30.0 Å². The number of amides is 2. The van der Waals surface area contributed by atoms with Crippen molar-refractivity contribution >= 4 is 82.8 Å². The zero-order chi connectivity index (χ0) is 51.8. The number of halogens is 1. The zero-order valence-electron chi connectivity index (χ0n) is 41.0. The van der Waals surface area contributed by atoms with Gasteiger partial charge in [0.1, 0.15) is 0 Å². The second kappa shape index (κ2) is 27.3. The number of carbonyl (C=O) groups is 4. The number of ether oxygens (including phenoxy) is 4. The summed E-state index contributed by atoms with van der Waals surface area (Å²) in [5, 5.41) is 8.00. The van der Waals surface area contributed by atoms with E-state index in [1.807, 2.05) is 33.9 Å². The van der Waals surface area contributed by atoms with Crippen LogP contribution in [-0.2, 0) is 39.0 Å². The normalized spacial score (nSPS) is 18.1. The van der Waals surface area contributed by atoms with Gasteiger partial charge in [-0.15, -0.1) is 22.7 Å². The third-order valence-corrected chi connectivity index (χ3v) is 17.1. The highest BCUT2D eigenvalue weighted by Crippen LogP contribution is 2.40.